The maximum absolute atomic E-state index is 6.31. The van der Waals surface area contributed by atoms with E-state index in [2.05, 4.69) is 48.0 Å². The SMILES string of the molecule is Cc1ccc(OC2CC(Br)C23CCCC3)c(C)c1. The van der Waals surface area contributed by atoms with Crippen molar-refractivity contribution in [2.45, 2.75) is 56.9 Å². The summed E-state index contributed by atoms with van der Waals surface area (Å²) in [6.45, 7) is 4.28. The third-order valence-corrected chi connectivity index (χ3v) is 6.11. The van der Waals surface area contributed by atoms with Gasteiger partial charge in [0.25, 0.3) is 0 Å². The van der Waals surface area contributed by atoms with Gasteiger partial charge < -0.3 is 4.74 Å². The van der Waals surface area contributed by atoms with E-state index in [4.69, 9.17) is 4.74 Å². The molecule has 2 unspecified atom stereocenters. The summed E-state index contributed by atoms with van der Waals surface area (Å²) in [4.78, 5) is 0.670. The maximum Gasteiger partial charge on any atom is 0.122 e. The van der Waals surface area contributed by atoms with Gasteiger partial charge in [-0.3, -0.25) is 0 Å². The average Bonchev–Trinajstić information content (AvgIpc) is 2.83. The molecule has 1 aromatic rings. The second kappa shape index (κ2) is 4.56. The van der Waals surface area contributed by atoms with E-state index in [0.717, 1.165) is 12.2 Å². The van der Waals surface area contributed by atoms with Gasteiger partial charge in [-0.15, -0.1) is 0 Å². The number of ether oxygens (including phenoxy) is 1. The maximum atomic E-state index is 6.31. The average molecular weight is 309 g/mol. The molecule has 2 atom stereocenters. The van der Waals surface area contributed by atoms with Crippen LogP contribution in [-0.4, -0.2) is 10.9 Å². The number of aryl methyl sites for hydroxylation is 2. The molecule has 1 aromatic carbocycles. The molecule has 3 rings (SSSR count). The Hall–Kier alpha value is -0.500. The topological polar surface area (TPSA) is 9.23 Å². The molecule has 0 radical (unpaired) electrons. The van der Waals surface area contributed by atoms with Crippen LogP contribution < -0.4 is 4.74 Å². The Kier molecular flexibility index (Phi) is 3.17. The van der Waals surface area contributed by atoms with Crippen LogP contribution in [-0.2, 0) is 0 Å². The lowest BCUT2D eigenvalue weighted by Crippen LogP contribution is -2.55. The number of hydrogen-bond donors (Lipinski definition) is 0. The number of hydrogen-bond acceptors (Lipinski definition) is 1. The summed E-state index contributed by atoms with van der Waals surface area (Å²) in [5.41, 5.74) is 3.00. The summed E-state index contributed by atoms with van der Waals surface area (Å²) in [5, 5.41) is 0. The van der Waals surface area contributed by atoms with Crippen molar-refractivity contribution in [2.24, 2.45) is 5.41 Å². The van der Waals surface area contributed by atoms with Gasteiger partial charge in [0.15, 0.2) is 0 Å². The molecule has 2 aliphatic rings. The van der Waals surface area contributed by atoms with Crippen LogP contribution in [0, 0.1) is 19.3 Å². The highest BCUT2D eigenvalue weighted by molar-refractivity contribution is 9.09. The van der Waals surface area contributed by atoms with Crippen LogP contribution in [0.25, 0.3) is 0 Å². The van der Waals surface area contributed by atoms with Crippen molar-refractivity contribution in [3.8, 4) is 5.75 Å². The third-order valence-electron chi connectivity index (χ3n) is 4.82. The third kappa shape index (κ3) is 1.89. The van der Waals surface area contributed by atoms with E-state index < -0.39 is 0 Å². The highest BCUT2D eigenvalue weighted by Gasteiger charge is 2.56. The Labute approximate surface area is 118 Å². The van der Waals surface area contributed by atoms with E-state index in [1.165, 1.54) is 36.8 Å². The van der Waals surface area contributed by atoms with Crippen LogP contribution in [0.5, 0.6) is 5.75 Å². The fourth-order valence-electron chi connectivity index (χ4n) is 3.62. The summed E-state index contributed by atoms with van der Waals surface area (Å²) in [5.74, 6) is 1.08. The first-order chi connectivity index (χ1) is 8.62. The second-order valence-corrected chi connectivity index (χ2v) is 7.12. The molecule has 0 aromatic heterocycles. The van der Waals surface area contributed by atoms with Gasteiger partial charge in [0, 0.05) is 10.2 Å². The zero-order valence-corrected chi connectivity index (χ0v) is 12.8. The summed E-state index contributed by atoms with van der Waals surface area (Å²) in [6, 6.07) is 6.49. The normalized spacial score (nSPS) is 29.3. The predicted octanol–water partition coefficient (Wildman–Crippen LogP) is 4.78. The molecule has 2 saturated carbocycles. The predicted molar refractivity (Wildman–Crippen MR) is 78.6 cm³/mol. The van der Waals surface area contributed by atoms with Gasteiger partial charge >= 0.3 is 0 Å². The number of alkyl halides is 1. The molecule has 0 aliphatic heterocycles. The second-order valence-electron chi connectivity index (χ2n) is 6.02. The Morgan fingerprint density at radius 2 is 1.94 bits per heavy atom. The molecule has 0 heterocycles. The lowest BCUT2D eigenvalue weighted by atomic mass is 9.64. The van der Waals surface area contributed by atoms with Crippen molar-refractivity contribution in [1.82, 2.24) is 0 Å². The highest BCUT2D eigenvalue weighted by Crippen LogP contribution is 2.57. The van der Waals surface area contributed by atoms with Crippen molar-refractivity contribution in [3.63, 3.8) is 0 Å². The zero-order valence-electron chi connectivity index (χ0n) is 11.2. The largest absolute Gasteiger partial charge is 0.489 e. The molecule has 18 heavy (non-hydrogen) atoms. The Bertz CT molecular complexity index is 448. The molecule has 0 N–H and O–H groups in total. The van der Waals surface area contributed by atoms with Gasteiger partial charge in [0.2, 0.25) is 0 Å². The first-order valence-corrected chi connectivity index (χ1v) is 7.91. The fourth-order valence-corrected chi connectivity index (χ4v) is 4.71. The van der Waals surface area contributed by atoms with Gasteiger partial charge in [0.1, 0.15) is 11.9 Å². The summed E-state index contributed by atoms with van der Waals surface area (Å²) < 4.78 is 6.31. The number of halogens is 1. The van der Waals surface area contributed by atoms with Gasteiger partial charge in [-0.25, -0.2) is 0 Å². The van der Waals surface area contributed by atoms with Crippen LogP contribution in [0.4, 0.5) is 0 Å². The minimum absolute atomic E-state index is 0.422. The van der Waals surface area contributed by atoms with Crippen LogP contribution in [0.2, 0.25) is 0 Å². The first-order valence-electron chi connectivity index (χ1n) is 7.00. The molecular formula is C16H21BrO. The Balaban J connectivity index is 1.77. The molecule has 0 amide bonds. The van der Waals surface area contributed by atoms with Gasteiger partial charge in [-0.2, -0.15) is 0 Å². The molecule has 0 saturated heterocycles. The van der Waals surface area contributed by atoms with Crippen molar-refractivity contribution in [3.05, 3.63) is 29.3 Å². The van der Waals surface area contributed by atoms with Crippen molar-refractivity contribution in [2.75, 3.05) is 0 Å². The molecule has 2 aliphatic carbocycles. The molecule has 0 bridgehead atoms. The highest BCUT2D eigenvalue weighted by atomic mass is 79.9. The van der Waals surface area contributed by atoms with Crippen LogP contribution in [0.1, 0.15) is 43.2 Å². The van der Waals surface area contributed by atoms with E-state index in [1.807, 2.05) is 0 Å². The van der Waals surface area contributed by atoms with Crippen LogP contribution in [0.3, 0.4) is 0 Å². The number of benzene rings is 1. The van der Waals surface area contributed by atoms with Crippen LogP contribution in [0.15, 0.2) is 18.2 Å². The number of rotatable bonds is 2. The van der Waals surface area contributed by atoms with E-state index >= 15 is 0 Å². The first kappa shape index (κ1) is 12.5. The Morgan fingerprint density at radius 1 is 1.22 bits per heavy atom. The van der Waals surface area contributed by atoms with Gasteiger partial charge in [-0.1, -0.05) is 46.5 Å². The van der Waals surface area contributed by atoms with Gasteiger partial charge in [0.05, 0.1) is 0 Å². The zero-order chi connectivity index (χ0) is 12.8. The summed E-state index contributed by atoms with van der Waals surface area (Å²) in [6.07, 6.45) is 6.99. The summed E-state index contributed by atoms with van der Waals surface area (Å²) >= 11 is 3.85. The minimum Gasteiger partial charge on any atom is -0.489 e. The lowest BCUT2D eigenvalue weighted by molar-refractivity contribution is -0.0307. The Morgan fingerprint density at radius 3 is 2.56 bits per heavy atom. The molecule has 1 nitrogen and oxygen atoms in total. The molecule has 1 spiro atoms. The van der Waals surface area contributed by atoms with Crippen molar-refractivity contribution >= 4 is 15.9 Å². The smallest absolute Gasteiger partial charge is 0.122 e. The lowest BCUT2D eigenvalue weighted by Gasteiger charge is -2.51. The van der Waals surface area contributed by atoms with Crippen LogP contribution >= 0.6 is 15.9 Å². The van der Waals surface area contributed by atoms with E-state index in [-0.39, 0.29) is 0 Å². The van der Waals surface area contributed by atoms with E-state index in [9.17, 15) is 0 Å². The summed E-state index contributed by atoms with van der Waals surface area (Å²) in [7, 11) is 0. The quantitative estimate of drug-likeness (QED) is 0.715. The van der Waals surface area contributed by atoms with Crippen molar-refractivity contribution < 1.29 is 4.74 Å². The van der Waals surface area contributed by atoms with Crippen molar-refractivity contribution in [1.29, 1.82) is 0 Å². The van der Waals surface area contributed by atoms with E-state index in [0.29, 0.717) is 16.3 Å². The molecular weight excluding hydrogens is 288 g/mol. The minimum atomic E-state index is 0.422. The molecule has 2 fully saturated rings. The monoisotopic (exact) mass is 308 g/mol. The molecule has 2 heteroatoms. The molecule has 98 valence electrons. The van der Waals surface area contributed by atoms with Gasteiger partial charge in [-0.05, 0) is 44.7 Å². The van der Waals surface area contributed by atoms with E-state index in [1.54, 1.807) is 0 Å². The fraction of sp³-hybridized carbons (Fsp3) is 0.625. The standard InChI is InChI=1S/C16H21BrO/c1-11-5-6-13(12(2)9-11)18-15-10-14(17)16(15)7-3-4-8-16/h5-6,9,14-15H,3-4,7-8,10H2,1-2H3.